The van der Waals surface area contributed by atoms with Gasteiger partial charge in [0.25, 0.3) is 15.9 Å². The van der Waals surface area contributed by atoms with Crippen LogP contribution in [0.2, 0.25) is 0 Å². The number of rotatable bonds is 8. The molecule has 0 aliphatic carbocycles. The molecule has 0 spiro atoms. The molecule has 0 aromatic heterocycles. The summed E-state index contributed by atoms with van der Waals surface area (Å²) in [6.07, 6.45) is 0.973. The fourth-order valence-corrected chi connectivity index (χ4v) is 3.46. The van der Waals surface area contributed by atoms with E-state index < -0.39 is 15.9 Å². The van der Waals surface area contributed by atoms with Gasteiger partial charge in [-0.05, 0) is 67.1 Å². The number of ether oxygens (including phenoxy) is 1. The molecule has 1 atom stereocenters. The van der Waals surface area contributed by atoms with E-state index in [-0.39, 0.29) is 11.5 Å². The molecule has 0 unspecified atom stereocenters. The molecule has 2 aromatic carbocycles. The normalized spacial score (nSPS) is 12.4. The van der Waals surface area contributed by atoms with E-state index in [0.29, 0.717) is 11.7 Å². The second-order valence-electron chi connectivity index (χ2n) is 6.64. The average molecular weight is 391 g/mol. The number of amides is 1. The molecule has 0 radical (unpaired) electrons. The summed E-state index contributed by atoms with van der Waals surface area (Å²) in [6.45, 7) is 7.73. The Morgan fingerprint density at radius 3 is 2.22 bits per heavy atom. The van der Waals surface area contributed by atoms with E-state index in [1.165, 1.54) is 12.1 Å². The maximum absolute atomic E-state index is 12.3. The fourth-order valence-electron chi connectivity index (χ4n) is 2.60. The van der Waals surface area contributed by atoms with Gasteiger partial charge in [0.15, 0.2) is 6.61 Å². The molecule has 0 saturated heterocycles. The van der Waals surface area contributed by atoms with Gasteiger partial charge in [-0.1, -0.05) is 32.0 Å². The first-order valence-electron chi connectivity index (χ1n) is 8.83. The summed E-state index contributed by atoms with van der Waals surface area (Å²) in [6, 6.07) is 12.2. The molecule has 0 heterocycles. The van der Waals surface area contributed by atoms with Crippen LogP contribution in [0.15, 0.2) is 47.4 Å². The van der Waals surface area contributed by atoms with Gasteiger partial charge in [0.05, 0.1) is 4.90 Å². The lowest BCUT2D eigenvalue weighted by Crippen LogP contribution is -2.43. The first-order valence-corrected chi connectivity index (χ1v) is 10.3. The van der Waals surface area contributed by atoms with Crippen LogP contribution in [0, 0.1) is 13.8 Å². The molecule has 2 rings (SSSR count). The van der Waals surface area contributed by atoms with Crippen LogP contribution in [0.3, 0.4) is 0 Å². The van der Waals surface area contributed by atoms with Crippen molar-refractivity contribution in [1.29, 1.82) is 0 Å². The van der Waals surface area contributed by atoms with Crippen molar-refractivity contribution in [3.63, 3.8) is 0 Å². The molecule has 6 nitrogen and oxygen atoms in total. The lowest BCUT2D eigenvalue weighted by atomic mass is 9.99. The smallest absolute Gasteiger partial charge is 0.272 e. The van der Waals surface area contributed by atoms with E-state index in [9.17, 15) is 13.2 Å². The minimum atomic E-state index is -3.84. The largest absolute Gasteiger partial charge is 0.484 e. The number of nitrogens with one attached hydrogen (secondary N) is 2. The summed E-state index contributed by atoms with van der Waals surface area (Å²) < 4.78 is 30.0. The summed E-state index contributed by atoms with van der Waals surface area (Å²) in [5.74, 6) is 0.330. The fraction of sp³-hybridized carbons (Fsp3) is 0.350. The lowest BCUT2D eigenvalue weighted by molar-refractivity contribution is -0.123. The van der Waals surface area contributed by atoms with Crippen molar-refractivity contribution < 1.29 is 17.9 Å². The zero-order chi connectivity index (χ0) is 20.0. The quantitative estimate of drug-likeness (QED) is 0.678. The van der Waals surface area contributed by atoms with Gasteiger partial charge in [0.1, 0.15) is 5.75 Å². The van der Waals surface area contributed by atoms with E-state index in [4.69, 9.17) is 4.74 Å². The Bertz CT molecular complexity index is 872. The highest BCUT2D eigenvalue weighted by Crippen LogP contribution is 2.20. The highest BCUT2D eigenvalue weighted by molar-refractivity contribution is 7.89. The van der Waals surface area contributed by atoms with Crippen molar-refractivity contribution in [3.05, 3.63) is 59.2 Å². The summed E-state index contributed by atoms with van der Waals surface area (Å²) >= 11 is 0. The standard InChI is InChI=1S/C20H26N2O4S/c1-5-16(4)17-6-8-19(9-7-17)27(24,25)22-21-20(23)13-26-18-11-14(2)10-15(3)12-18/h6-12,16,22H,5,13H2,1-4H3,(H,21,23)/t16-/m0/s1. The topological polar surface area (TPSA) is 84.5 Å². The third kappa shape index (κ3) is 6.08. The van der Waals surface area contributed by atoms with Crippen molar-refractivity contribution in [3.8, 4) is 5.75 Å². The van der Waals surface area contributed by atoms with Crippen LogP contribution in [0.4, 0.5) is 0 Å². The predicted molar refractivity (Wildman–Crippen MR) is 105 cm³/mol. The van der Waals surface area contributed by atoms with Gasteiger partial charge >= 0.3 is 0 Å². The van der Waals surface area contributed by atoms with Crippen molar-refractivity contribution in [2.45, 2.75) is 44.9 Å². The van der Waals surface area contributed by atoms with Gasteiger partial charge in [-0.15, -0.1) is 4.83 Å². The molecular formula is C20H26N2O4S. The number of sulfonamides is 1. The highest BCUT2D eigenvalue weighted by atomic mass is 32.2. The summed E-state index contributed by atoms with van der Waals surface area (Å²) in [5.41, 5.74) is 5.28. The van der Waals surface area contributed by atoms with Crippen LogP contribution in [0.25, 0.3) is 0 Å². The van der Waals surface area contributed by atoms with E-state index in [0.717, 1.165) is 23.1 Å². The Hall–Kier alpha value is -2.38. The van der Waals surface area contributed by atoms with Gasteiger partial charge in [-0.25, -0.2) is 8.42 Å². The molecule has 0 bridgehead atoms. The number of hydrogen-bond donors (Lipinski definition) is 2. The summed E-state index contributed by atoms with van der Waals surface area (Å²) in [7, 11) is -3.84. The van der Waals surface area contributed by atoms with Gasteiger partial charge in [0.2, 0.25) is 0 Å². The SMILES string of the molecule is CC[C@H](C)c1ccc(S(=O)(=O)NNC(=O)COc2cc(C)cc(C)c2)cc1. The van der Waals surface area contributed by atoms with Crippen molar-refractivity contribution >= 4 is 15.9 Å². The Kier molecular flexibility index (Phi) is 6.98. The van der Waals surface area contributed by atoms with Crippen LogP contribution >= 0.6 is 0 Å². The summed E-state index contributed by atoms with van der Waals surface area (Å²) in [5, 5.41) is 0. The maximum atomic E-state index is 12.3. The van der Waals surface area contributed by atoms with E-state index >= 15 is 0 Å². The van der Waals surface area contributed by atoms with Gasteiger partial charge in [-0.2, -0.15) is 0 Å². The Labute approximate surface area is 161 Å². The van der Waals surface area contributed by atoms with Crippen LogP contribution in [0.1, 0.15) is 42.9 Å². The molecule has 1 amide bonds. The number of carbonyl (C=O) groups is 1. The number of carbonyl (C=O) groups excluding carboxylic acids is 1. The third-order valence-corrected chi connectivity index (χ3v) is 5.53. The zero-order valence-corrected chi connectivity index (χ0v) is 16.9. The third-order valence-electron chi connectivity index (χ3n) is 4.26. The number of hydrogen-bond acceptors (Lipinski definition) is 4. The minimum absolute atomic E-state index is 0.0880. The Morgan fingerprint density at radius 2 is 1.67 bits per heavy atom. The van der Waals surface area contributed by atoms with Crippen LogP contribution in [0.5, 0.6) is 5.75 Å². The van der Waals surface area contributed by atoms with E-state index in [1.807, 2.05) is 32.0 Å². The molecule has 0 aliphatic heterocycles. The second kappa shape index (κ2) is 9.01. The predicted octanol–water partition coefficient (Wildman–Crippen LogP) is 3.21. The highest BCUT2D eigenvalue weighted by Gasteiger charge is 2.16. The molecule has 7 heteroatoms. The first kappa shape index (κ1) is 20.9. The van der Waals surface area contributed by atoms with Crippen LogP contribution in [-0.4, -0.2) is 20.9 Å². The zero-order valence-electron chi connectivity index (χ0n) is 16.1. The Balaban J connectivity index is 1.91. The number of hydrazine groups is 1. The lowest BCUT2D eigenvalue weighted by Gasteiger charge is -2.12. The van der Waals surface area contributed by atoms with Crippen molar-refractivity contribution in [2.24, 2.45) is 0 Å². The molecule has 2 aromatic rings. The summed E-state index contributed by atoms with van der Waals surface area (Å²) in [4.78, 5) is 14.1. The number of benzene rings is 2. The second-order valence-corrected chi connectivity index (χ2v) is 8.33. The van der Waals surface area contributed by atoms with Gasteiger partial charge < -0.3 is 4.74 Å². The minimum Gasteiger partial charge on any atom is -0.484 e. The molecule has 0 fully saturated rings. The monoisotopic (exact) mass is 390 g/mol. The van der Waals surface area contributed by atoms with Crippen molar-refractivity contribution in [2.75, 3.05) is 6.61 Å². The van der Waals surface area contributed by atoms with Gasteiger partial charge in [0, 0.05) is 0 Å². The molecule has 146 valence electrons. The van der Waals surface area contributed by atoms with E-state index in [1.54, 1.807) is 12.1 Å². The molecule has 0 aliphatic rings. The Morgan fingerprint density at radius 1 is 1.07 bits per heavy atom. The van der Waals surface area contributed by atoms with Gasteiger partial charge in [-0.3, -0.25) is 10.2 Å². The van der Waals surface area contributed by atoms with E-state index in [2.05, 4.69) is 24.1 Å². The molecule has 0 saturated carbocycles. The van der Waals surface area contributed by atoms with Crippen LogP contribution < -0.4 is 15.0 Å². The molecular weight excluding hydrogens is 364 g/mol. The van der Waals surface area contributed by atoms with Crippen molar-refractivity contribution in [1.82, 2.24) is 10.3 Å². The maximum Gasteiger partial charge on any atom is 0.272 e. The molecule has 2 N–H and O–H groups in total. The molecule has 27 heavy (non-hydrogen) atoms. The first-order chi connectivity index (χ1) is 12.7. The number of aryl methyl sites for hydroxylation is 2. The average Bonchev–Trinajstić information content (AvgIpc) is 2.63. The van der Waals surface area contributed by atoms with Crippen LogP contribution in [-0.2, 0) is 14.8 Å².